The van der Waals surface area contributed by atoms with Crippen LogP contribution >= 0.6 is 0 Å². The van der Waals surface area contributed by atoms with Crippen molar-refractivity contribution in [2.24, 2.45) is 5.92 Å². The lowest BCUT2D eigenvalue weighted by Gasteiger charge is -2.26. The fourth-order valence-corrected chi connectivity index (χ4v) is 1.69. The van der Waals surface area contributed by atoms with E-state index in [9.17, 15) is 5.11 Å². The van der Waals surface area contributed by atoms with Gasteiger partial charge in [-0.3, -0.25) is 0 Å². The SMILES string of the molecule is CNC[C@H]1CCCC[C@@H]1O. The van der Waals surface area contributed by atoms with Crippen LogP contribution in [0.4, 0.5) is 0 Å². The highest BCUT2D eigenvalue weighted by Crippen LogP contribution is 2.23. The van der Waals surface area contributed by atoms with E-state index < -0.39 is 0 Å². The molecule has 2 nitrogen and oxygen atoms in total. The molecule has 0 spiro atoms. The van der Waals surface area contributed by atoms with Crippen molar-refractivity contribution in [2.45, 2.75) is 31.8 Å². The van der Waals surface area contributed by atoms with Gasteiger partial charge < -0.3 is 10.4 Å². The second-order valence-corrected chi connectivity index (χ2v) is 3.17. The van der Waals surface area contributed by atoms with Crippen molar-refractivity contribution >= 4 is 0 Å². The van der Waals surface area contributed by atoms with Crippen molar-refractivity contribution in [1.29, 1.82) is 0 Å². The van der Waals surface area contributed by atoms with E-state index in [1.807, 2.05) is 7.05 Å². The Bertz CT molecular complexity index is 93.3. The highest BCUT2D eigenvalue weighted by atomic mass is 16.3. The molecule has 2 atom stereocenters. The molecule has 0 aromatic heterocycles. The van der Waals surface area contributed by atoms with E-state index in [-0.39, 0.29) is 6.10 Å². The Kier molecular flexibility index (Phi) is 3.16. The molecule has 0 radical (unpaired) electrons. The second kappa shape index (κ2) is 3.94. The molecule has 0 heterocycles. The first-order valence-corrected chi connectivity index (χ1v) is 4.17. The third kappa shape index (κ3) is 1.96. The van der Waals surface area contributed by atoms with Crippen molar-refractivity contribution in [3.8, 4) is 0 Å². The monoisotopic (exact) mass is 143 g/mol. The van der Waals surface area contributed by atoms with Gasteiger partial charge in [0.25, 0.3) is 0 Å². The van der Waals surface area contributed by atoms with Gasteiger partial charge in [0, 0.05) is 6.54 Å². The topological polar surface area (TPSA) is 32.3 Å². The number of hydrogen-bond donors (Lipinski definition) is 2. The van der Waals surface area contributed by atoms with E-state index >= 15 is 0 Å². The zero-order valence-electron chi connectivity index (χ0n) is 6.64. The summed E-state index contributed by atoms with van der Waals surface area (Å²) in [5.41, 5.74) is 0. The predicted octanol–water partition coefficient (Wildman–Crippen LogP) is 0.757. The maximum Gasteiger partial charge on any atom is 0.0580 e. The van der Waals surface area contributed by atoms with Crippen LogP contribution in [0.1, 0.15) is 25.7 Å². The first kappa shape index (κ1) is 8.02. The van der Waals surface area contributed by atoms with Gasteiger partial charge >= 0.3 is 0 Å². The molecule has 0 saturated heterocycles. The maximum atomic E-state index is 9.46. The van der Waals surface area contributed by atoms with Gasteiger partial charge in [-0.15, -0.1) is 0 Å². The summed E-state index contributed by atoms with van der Waals surface area (Å²) in [6.07, 6.45) is 4.67. The molecule has 0 bridgehead atoms. The molecule has 0 unspecified atom stereocenters. The molecule has 1 aliphatic carbocycles. The van der Waals surface area contributed by atoms with Gasteiger partial charge in [0.05, 0.1) is 6.10 Å². The predicted molar refractivity (Wildman–Crippen MR) is 41.9 cm³/mol. The van der Waals surface area contributed by atoms with E-state index in [1.165, 1.54) is 19.3 Å². The quantitative estimate of drug-likeness (QED) is 0.598. The average molecular weight is 143 g/mol. The minimum atomic E-state index is -0.0406. The van der Waals surface area contributed by atoms with E-state index in [4.69, 9.17) is 0 Å². The lowest BCUT2D eigenvalue weighted by molar-refractivity contribution is 0.0707. The van der Waals surface area contributed by atoms with E-state index in [0.717, 1.165) is 13.0 Å². The zero-order valence-corrected chi connectivity index (χ0v) is 6.64. The summed E-state index contributed by atoms with van der Waals surface area (Å²) in [6, 6.07) is 0. The van der Waals surface area contributed by atoms with E-state index in [2.05, 4.69) is 5.32 Å². The Hall–Kier alpha value is -0.0800. The summed E-state index contributed by atoms with van der Waals surface area (Å²) in [5.74, 6) is 0.513. The number of rotatable bonds is 2. The summed E-state index contributed by atoms with van der Waals surface area (Å²) < 4.78 is 0. The van der Waals surface area contributed by atoms with Gasteiger partial charge in [-0.2, -0.15) is 0 Å². The van der Waals surface area contributed by atoms with Gasteiger partial charge in [-0.1, -0.05) is 12.8 Å². The van der Waals surface area contributed by atoms with Crippen LogP contribution in [-0.4, -0.2) is 24.8 Å². The van der Waals surface area contributed by atoms with Gasteiger partial charge in [0.1, 0.15) is 0 Å². The molecule has 1 fully saturated rings. The van der Waals surface area contributed by atoms with Gasteiger partial charge in [0.2, 0.25) is 0 Å². The third-order valence-electron chi connectivity index (χ3n) is 2.34. The molecular weight excluding hydrogens is 126 g/mol. The van der Waals surface area contributed by atoms with Crippen molar-refractivity contribution in [3.05, 3.63) is 0 Å². The lowest BCUT2D eigenvalue weighted by Crippen LogP contribution is -2.32. The molecule has 0 aliphatic heterocycles. The van der Waals surface area contributed by atoms with Crippen molar-refractivity contribution < 1.29 is 5.11 Å². The number of hydrogen-bond acceptors (Lipinski definition) is 2. The smallest absolute Gasteiger partial charge is 0.0580 e. The number of aliphatic hydroxyl groups excluding tert-OH is 1. The summed E-state index contributed by atoms with van der Waals surface area (Å²) in [7, 11) is 1.95. The van der Waals surface area contributed by atoms with Gasteiger partial charge in [0.15, 0.2) is 0 Å². The Labute approximate surface area is 62.6 Å². The summed E-state index contributed by atoms with van der Waals surface area (Å²) in [5, 5.41) is 12.6. The minimum absolute atomic E-state index is 0.0406. The molecule has 10 heavy (non-hydrogen) atoms. The van der Waals surface area contributed by atoms with Crippen molar-refractivity contribution in [2.75, 3.05) is 13.6 Å². The van der Waals surface area contributed by atoms with Crippen LogP contribution < -0.4 is 5.32 Å². The van der Waals surface area contributed by atoms with Crippen LogP contribution in [0, 0.1) is 5.92 Å². The molecule has 60 valence electrons. The van der Waals surface area contributed by atoms with Crippen molar-refractivity contribution in [3.63, 3.8) is 0 Å². The maximum absolute atomic E-state index is 9.46. The molecule has 1 rings (SSSR count). The second-order valence-electron chi connectivity index (χ2n) is 3.17. The minimum Gasteiger partial charge on any atom is -0.393 e. The van der Waals surface area contributed by atoms with Crippen LogP contribution in [0.5, 0.6) is 0 Å². The van der Waals surface area contributed by atoms with Gasteiger partial charge in [-0.05, 0) is 25.8 Å². The first-order chi connectivity index (χ1) is 4.84. The number of aliphatic hydroxyl groups is 1. The average Bonchev–Trinajstić information content (AvgIpc) is 1.94. The Morgan fingerprint density at radius 3 is 2.70 bits per heavy atom. The fourth-order valence-electron chi connectivity index (χ4n) is 1.69. The molecular formula is C8H17NO. The lowest BCUT2D eigenvalue weighted by atomic mass is 9.86. The standard InChI is InChI=1S/C8H17NO/c1-9-6-7-4-2-3-5-8(7)10/h7-10H,2-6H2,1H3/t7-,8+/m1/s1. The van der Waals surface area contributed by atoms with Crippen LogP contribution in [-0.2, 0) is 0 Å². The molecule has 0 aromatic carbocycles. The van der Waals surface area contributed by atoms with Crippen LogP contribution in [0.25, 0.3) is 0 Å². The zero-order chi connectivity index (χ0) is 7.40. The molecule has 2 heteroatoms. The molecule has 2 N–H and O–H groups in total. The van der Waals surface area contributed by atoms with Crippen LogP contribution in [0.3, 0.4) is 0 Å². The molecule has 1 aliphatic rings. The van der Waals surface area contributed by atoms with E-state index in [1.54, 1.807) is 0 Å². The molecule has 1 saturated carbocycles. The fraction of sp³-hybridized carbons (Fsp3) is 1.00. The molecule has 0 aromatic rings. The number of nitrogens with one attached hydrogen (secondary N) is 1. The largest absolute Gasteiger partial charge is 0.393 e. The van der Waals surface area contributed by atoms with Crippen molar-refractivity contribution in [1.82, 2.24) is 5.32 Å². The normalized spacial score (nSPS) is 34.2. The highest BCUT2D eigenvalue weighted by Gasteiger charge is 2.21. The summed E-state index contributed by atoms with van der Waals surface area (Å²) in [6.45, 7) is 0.973. The highest BCUT2D eigenvalue weighted by molar-refractivity contribution is 4.75. The molecule has 0 amide bonds. The van der Waals surface area contributed by atoms with E-state index in [0.29, 0.717) is 5.92 Å². The Morgan fingerprint density at radius 1 is 1.40 bits per heavy atom. The summed E-state index contributed by atoms with van der Waals surface area (Å²) in [4.78, 5) is 0. The summed E-state index contributed by atoms with van der Waals surface area (Å²) >= 11 is 0. The Balaban J connectivity index is 2.25. The first-order valence-electron chi connectivity index (χ1n) is 4.17. The Morgan fingerprint density at radius 2 is 2.10 bits per heavy atom. The van der Waals surface area contributed by atoms with Crippen LogP contribution in [0.2, 0.25) is 0 Å². The van der Waals surface area contributed by atoms with Crippen LogP contribution in [0.15, 0.2) is 0 Å². The van der Waals surface area contributed by atoms with Gasteiger partial charge in [-0.25, -0.2) is 0 Å². The third-order valence-corrected chi connectivity index (χ3v) is 2.34.